The number of aryl methyl sites for hydroxylation is 2. The fraction of sp³-hybridized carbons (Fsp3) is 0.267. The second kappa shape index (κ2) is 6.14. The smallest absolute Gasteiger partial charge is 0.259 e. The zero-order valence-electron chi connectivity index (χ0n) is 11.9. The van der Waals surface area contributed by atoms with Crippen LogP contribution in [-0.4, -0.2) is 22.4 Å². The van der Waals surface area contributed by atoms with Crippen molar-refractivity contribution in [2.45, 2.75) is 20.8 Å². The Balaban J connectivity index is 2.27. The van der Waals surface area contributed by atoms with E-state index in [1.807, 2.05) is 26.8 Å². The van der Waals surface area contributed by atoms with Crippen LogP contribution in [0.4, 0.5) is 11.4 Å². The SMILES string of the molecule is CCNc1cc(C)ncc1C(=O)Nc1ccncc1C. The summed E-state index contributed by atoms with van der Waals surface area (Å²) in [4.78, 5) is 20.6. The van der Waals surface area contributed by atoms with Gasteiger partial charge in [0.25, 0.3) is 5.91 Å². The molecule has 0 aromatic carbocycles. The first-order valence-corrected chi connectivity index (χ1v) is 6.54. The maximum atomic E-state index is 12.4. The molecular formula is C15H18N4O. The largest absolute Gasteiger partial charge is 0.385 e. The molecule has 0 aliphatic rings. The zero-order chi connectivity index (χ0) is 14.5. The molecule has 2 aromatic rings. The number of nitrogens with zero attached hydrogens (tertiary/aromatic N) is 2. The van der Waals surface area contributed by atoms with Crippen LogP contribution in [0.15, 0.2) is 30.7 Å². The van der Waals surface area contributed by atoms with Gasteiger partial charge in [-0.25, -0.2) is 0 Å². The van der Waals surface area contributed by atoms with Gasteiger partial charge in [-0.15, -0.1) is 0 Å². The first-order chi connectivity index (χ1) is 9.61. The van der Waals surface area contributed by atoms with Crippen LogP contribution in [0, 0.1) is 13.8 Å². The second-order valence-electron chi connectivity index (χ2n) is 4.55. The Morgan fingerprint density at radius 2 is 2.05 bits per heavy atom. The van der Waals surface area contributed by atoms with Crippen LogP contribution in [-0.2, 0) is 0 Å². The van der Waals surface area contributed by atoms with Gasteiger partial charge in [-0.3, -0.25) is 14.8 Å². The molecule has 2 aromatic heterocycles. The van der Waals surface area contributed by atoms with E-state index in [4.69, 9.17) is 0 Å². The summed E-state index contributed by atoms with van der Waals surface area (Å²) in [5.41, 5.74) is 3.88. The zero-order valence-corrected chi connectivity index (χ0v) is 11.9. The van der Waals surface area contributed by atoms with Crippen LogP contribution in [0.5, 0.6) is 0 Å². The predicted octanol–water partition coefficient (Wildman–Crippen LogP) is 2.78. The highest BCUT2D eigenvalue weighted by Gasteiger charge is 2.13. The highest BCUT2D eigenvalue weighted by molar-refractivity contribution is 6.08. The van der Waals surface area contributed by atoms with Gasteiger partial charge in [-0.05, 0) is 38.5 Å². The molecule has 0 spiro atoms. The number of carbonyl (C=O) groups is 1. The molecule has 5 heteroatoms. The molecule has 0 saturated heterocycles. The number of pyridine rings is 2. The first kappa shape index (κ1) is 14.0. The van der Waals surface area contributed by atoms with Crippen LogP contribution in [0.25, 0.3) is 0 Å². The highest BCUT2D eigenvalue weighted by Crippen LogP contribution is 2.19. The topological polar surface area (TPSA) is 66.9 Å². The monoisotopic (exact) mass is 270 g/mol. The number of anilines is 2. The molecule has 2 N–H and O–H groups in total. The molecule has 0 radical (unpaired) electrons. The molecular weight excluding hydrogens is 252 g/mol. The fourth-order valence-corrected chi connectivity index (χ4v) is 1.88. The Kier molecular flexibility index (Phi) is 4.30. The molecule has 0 atom stereocenters. The molecule has 1 amide bonds. The quantitative estimate of drug-likeness (QED) is 0.896. The number of aromatic nitrogens is 2. The lowest BCUT2D eigenvalue weighted by Gasteiger charge is -2.12. The van der Waals surface area contributed by atoms with Crippen molar-refractivity contribution in [1.82, 2.24) is 9.97 Å². The lowest BCUT2D eigenvalue weighted by atomic mass is 10.1. The standard InChI is InChI=1S/C15H18N4O/c1-4-17-14-7-11(3)18-9-12(14)15(20)19-13-5-6-16-8-10(13)2/h5-9H,4H2,1-3H3,(H,17,18)(H,16,19,20). The summed E-state index contributed by atoms with van der Waals surface area (Å²) in [7, 11) is 0. The minimum absolute atomic E-state index is 0.178. The number of carbonyl (C=O) groups excluding carboxylic acids is 1. The molecule has 5 nitrogen and oxygen atoms in total. The summed E-state index contributed by atoms with van der Waals surface area (Å²) >= 11 is 0. The van der Waals surface area contributed by atoms with E-state index in [9.17, 15) is 4.79 Å². The van der Waals surface area contributed by atoms with Gasteiger partial charge in [0.05, 0.1) is 11.3 Å². The first-order valence-electron chi connectivity index (χ1n) is 6.54. The lowest BCUT2D eigenvalue weighted by Crippen LogP contribution is -2.16. The average Bonchev–Trinajstić information content (AvgIpc) is 2.42. The summed E-state index contributed by atoms with van der Waals surface area (Å²) in [6, 6.07) is 3.65. The molecule has 20 heavy (non-hydrogen) atoms. The summed E-state index contributed by atoms with van der Waals surface area (Å²) in [5.74, 6) is -0.178. The van der Waals surface area contributed by atoms with Crippen molar-refractivity contribution in [1.29, 1.82) is 0 Å². The van der Waals surface area contributed by atoms with Crippen molar-refractivity contribution in [3.8, 4) is 0 Å². The van der Waals surface area contributed by atoms with E-state index in [1.165, 1.54) is 0 Å². The van der Waals surface area contributed by atoms with Crippen molar-refractivity contribution in [2.75, 3.05) is 17.2 Å². The van der Waals surface area contributed by atoms with Gasteiger partial charge in [0.1, 0.15) is 0 Å². The third kappa shape index (κ3) is 3.12. The van der Waals surface area contributed by atoms with E-state index in [1.54, 1.807) is 24.7 Å². The van der Waals surface area contributed by atoms with Crippen LogP contribution < -0.4 is 10.6 Å². The van der Waals surface area contributed by atoms with Crippen molar-refractivity contribution >= 4 is 17.3 Å². The van der Waals surface area contributed by atoms with Crippen molar-refractivity contribution in [2.24, 2.45) is 0 Å². The van der Waals surface area contributed by atoms with Crippen LogP contribution in [0.2, 0.25) is 0 Å². The van der Waals surface area contributed by atoms with Crippen molar-refractivity contribution in [3.05, 3.63) is 47.5 Å². The molecule has 2 heterocycles. The van der Waals surface area contributed by atoms with Gasteiger partial charge in [0, 0.05) is 36.5 Å². The Labute approximate surface area is 118 Å². The number of rotatable bonds is 4. The van der Waals surface area contributed by atoms with Crippen LogP contribution >= 0.6 is 0 Å². The summed E-state index contributed by atoms with van der Waals surface area (Å²) in [6.45, 7) is 6.54. The summed E-state index contributed by atoms with van der Waals surface area (Å²) in [5, 5.41) is 6.07. The van der Waals surface area contributed by atoms with Gasteiger partial charge in [-0.1, -0.05) is 0 Å². The van der Waals surface area contributed by atoms with E-state index >= 15 is 0 Å². The van der Waals surface area contributed by atoms with Crippen molar-refractivity contribution in [3.63, 3.8) is 0 Å². The predicted molar refractivity (Wildman–Crippen MR) is 80.1 cm³/mol. The summed E-state index contributed by atoms with van der Waals surface area (Å²) in [6.07, 6.45) is 4.97. The maximum absolute atomic E-state index is 12.4. The van der Waals surface area contributed by atoms with Gasteiger partial charge in [0.2, 0.25) is 0 Å². The molecule has 0 aliphatic carbocycles. The molecule has 0 fully saturated rings. The van der Waals surface area contributed by atoms with E-state index in [-0.39, 0.29) is 5.91 Å². The van der Waals surface area contributed by atoms with E-state index < -0.39 is 0 Å². The number of hydrogen-bond acceptors (Lipinski definition) is 4. The molecule has 2 rings (SSSR count). The molecule has 104 valence electrons. The Morgan fingerprint density at radius 1 is 1.25 bits per heavy atom. The normalized spacial score (nSPS) is 10.2. The number of hydrogen-bond donors (Lipinski definition) is 2. The molecule has 0 aliphatic heterocycles. The van der Waals surface area contributed by atoms with Gasteiger partial charge in [0.15, 0.2) is 0 Å². The van der Waals surface area contributed by atoms with Gasteiger partial charge >= 0.3 is 0 Å². The van der Waals surface area contributed by atoms with Crippen molar-refractivity contribution < 1.29 is 4.79 Å². The number of amides is 1. The minimum Gasteiger partial charge on any atom is -0.385 e. The molecule has 0 unspecified atom stereocenters. The molecule has 0 bridgehead atoms. The Bertz CT molecular complexity index is 625. The highest BCUT2D eigenvalue weighted by atomic mass is 16.1. The van der Waals surface area contributed by atoms with Gasteiger partial charge in [-0.2, -0.15) is 0 Å². The van der Waals surface area contributed by atoms with E-state index in [2.05, 4.69) is 20.6 Å². The van der Waals surface area contributed by atoms with Gasteiger partial charge < -0.3 is 10.6 Å². The lowest BCUT2D eigenvalue weighted by molar-refractivity contribution is 0.102. The third-order valence-corrected chi connectivity index (χ3v) is 2.92. The van der Waals surface area contributed by atoms with Crippen LogP contribution in [0.1, 0.15) is 28.5 Å². The number of nitrogens with one attached hydrogen (secondary N) is 2. The maximum Gasteiger partial charge on any atom is 0.259 e. The third-order valence-electron chi connectivity index (χ3n) is 2.92. The van der Waals surface area contributed by atoms with E-state index in [0.717, 1.165) is 29.2 Å². The second-order valence-corrected chi connectivity index (χ2v) is 4.55. The Hall–Kier alpha value is -2.43. The fourth-order valence-electron chi connectivity index (χ4n) is 1.88. The minimum atomic E-state index is -0.178. The van der Waals surface area contributed by atoms with E-state index in [0.29, 0.717) is 5.56 Å². The Morgan fingerprint density at radius 3 is 2.75 bits per heavy atom. The van der Waals surface area contributed by atoms with Crippen LogP contribution in [0.3, 0.4) is 0 Å². The average molecular weight is 270 g/mol. The summed E-state index contributed by atoms with van der Waals surface area (Å²) < 4.78 is 0. The molecule has 0 saturated carbocycles.